The Morgan fingerprint density at radius 2 is 2.05 bits per heavy atom. The SMILES string of the molecule is COc1cccc(CN(C)S(=O)(=O)c2ccc(Cl)s2)c1. The van der Waals surface area contributed by atoms with Crippen LogP contribution in [0.4, 0.5) is 0 Å². The van der Waals surface area contributed by atoms with E-state index in [4.69, 9.17) is 16.3 Å². The van der Waals surface area contributed by atoms with Crippen LogP contribution in [0.25, 0.3) is 0 Å². The lowest BCUT2D eigenvalue weighted by molar-refractivity contribution is 0.412. The highest BCUT2D eigenvalue weighted by Crippen LogP contribution is 2.28. The van der Waals surface area contributed by atoms with Crippen LogP contribution in [0.15, 0.2) is 40.6 Å². The standard InChI is InChI=1S/C13H14ClNO3S2/c1-15(9-10-4-3-5-11(8-10)18-2)20(16,17)13-7-6-12(14)19-13/h3-8H,9H2,1-2H3. The van der Waals surface area contributed by atoms with Gasteiger partial charge in [0.15, 0.2) is 0 Å². The average Bonchev–Trinajstić information content (AvgIpc) is 2.86. The van der Waals surface area contributed by atoms with Crippen LogP contribution in [0.2, 0.25) is 4.34 Å². The van der Waals surface area contributed by atoms with E-state index in [-0.39, 0.29) is 10.8 Å². The van der Waals surface area contributed by atoms with Gasteiger partial charge in [0.2, 0.25) is 0 Å². The lowest BCUT2D eigenvalue weighted by atomic mass is 10.2. The van der Waals surface area contributed by atoms with Gasteiger partial charge in [0.05, 0.1) is 11.4 Å². The smallest absolute Gasteiger partial charge is 0.252 e. The van der Waals surface area contributed by atoms with Crippen LogP contribution in [-0.4, -0.2) is 26.9 Å². The fourth-order valence-corrected chi connectivity index (χ4v) is 4.56. The van der Waals surface area contributed by atoms with E-state index in [1.807, 2.05) is 24.3 Å². The van der Waals surface area contributed by atoms with Crippen molar-refractivity contribution in [3.63, 3.8) is 0 Å². The van der Waals surface area contributed by atoms with Crippen molar-refractivity contribution in [2.45, 2.75) is 10.8 Å². The van der Waals surface area contributed by atoms with Crippen LogP contribution >= 0.6 is 22.9 Å². The molecule has 0 spiro atoms. The topological polar surface area (TPSA) is 46.6 Å². The summed E-state index contributed by atoms with van der Waals surface area (Å²) in [6, 6.07) is 10.4. The first-order valence-electron chi connectivity index (χ1n) is 5.78. The number of sulfonamides is 1. The maximum absolute atomic E-state index is 12.4. The van der Waals surface area contributed by atoms with Crippen molar-refractivity contribution in [3.8, 4) is 5.75 Å². The Morgan fingerprint density at radius 1 is 1.30 bits per heavy atom. The van der Waals surface area contributed by atoms with Gasteiger partial charge in [-0.2, -0.15) is 4.31 Å². The molecule has 0 bridgehead atoms. The van der Waals surface area contributed by atoms with Gasteiger partial charge in [0.1, 0.15) is 9.96 Å². The quantitative estimate of drug-likeness (QED) is 0.845. The molecule has 0 radical (unpaired) electrons. The summed E-state index contributed by atoms with van der Waals surface area (Å²) in [5, 5.41) is 0. The van der Waals surface area contributed by atoms with Crippen molar-refractivity contribution in [2.75, 3.05) is 14.2 Å². The number of ether oxygens (including phenoxy) is 1. The Morgan fingerprint density at radius 3 is 2.65 bits per heavy atom. The number of hydrogen-bond acceptors (Lipinski definition) is 4. The van der Waals surface area contributed by atoms with Gasteiger partial charge < -0.3 is 4.74 Å². The Bertz CT molecular complexity index is 697. The summed E-state index contributed by atoms with van der Waals surface area (Å²) in [5.41, 5.74) is 0.859. The molecular weight excluding hydrogens is 318 g/mol. The predicted molar refractivity (Wildman–Crippen MR) is 81.0 cm³/mol. The molecule has 0 amide bonds. The number of methoxy groups -OCH3 is 1. The molecule has 0 saturated carbocycles. The third-order valence-corrected chi connectivity index (χ3v) is 6.25. The van der Waals surface area contributed by atoms with Gasteiger partial charge in [-0.1, -0.05) is 23.7 Å². The van der Waals surface area contributed by atoms with Crippen LogP contribution < -0.4 is 4.74 Å². The monoisotopic (exact) mass is 331 g/mol. The minimum absolute atomic E-state index is 0.243. The summed E-state index contributed by atoms with van der Waals surface area (Å²) in [7, 11) is -0.389. The largest absolute Gasteiger partial charge is 0.497 e. The molecule has 1 heterocycles. The highest BCUT2D eigenvalue weighted by atomic mass is 35.5. The molecule has 0 saturated heterocycles. The number of benzene rings is 1. The Kier molecular flexibility index (Phi) is 4.70. The first kappa shape index (κ1) is 15.3. The molecule has 0 unspecified atom stereocenters. The first-order chi connectivity index (χ1) is 9.43. The number of nitrogens with zero attached hydrogens (tertiary/aromatic N) is 1. The van der Waals surface area contributed by atoms with E-state index in [9.17, 15) is 8.42 Å². The molecule has 0 aliphatic heterocycles. The van der Waals surface area contributed by atoms with E-state index in [0.717, 1.165) is 16.9 Å². The van der Waals surface area contributed by atoms with Gasteiger partial charge in [0.25, 0.3) is 10.0 Å². The van der Waals surface area contributed by atoms with Crippen molar-refractivity contribution < 1.29 is 13.2 Å². The van der Waals surface area contributed by atoms with E-state index in [2.05, 4.69) is 0 Å². The van der Waals surface area contributed by atoms with Crippen LogP contribution in [0.3, 0.4) is 0 Å². The van der Waals surface area contributed by atoms with Gasteiger partial charge >= 0.3 is 0 Å². The van der Waals surface area contributed by atoms with Crippen molar-refractivity contribution in [3.05, 3.63) is 46.3 Å². The van der Waals surface area contributed by atoms with E-state index >= 15 is 0 Å². The summed E-state index contributed by atoms with van der Waals surface area (Å²) in [6.07, 6.45) is 0. The van der Waals surface area contributed by atoms with Gasteiger partial charge in [-0.3, -0.25) is 0 Å². The molecule has 0 N–H and O–H groups in total. The predicted octanol–water partition coefficient (Wildman–Crippen LogP) is 3.23. The van der Waals surface area contributed by atoms with E-state index in [1.165, 1.54) is 10.4 Å². The zero-order valence-electron chi connectivity index (χ0n) is 11.0. The Labute approximate surface area is 127 Å². The maximum Gasteiger partial charge on any atom is 0.252 e. The van der Waals surface area contributed by atoms with Crippen LogP contribution in [0.1, 0.15) is 5.56 Å². The van der Waals surface area contributed by atoms with Crippen molar-refractivity contribution >= 4 is 33.0 Å². The highest BCUT2D eigenvalue weighted by molar-refractivity contribution is 7.91. The summed E-state index contributed by atoms with van der Waals surface area (Å²) < 4.78 is 31.8. The second kappa shape index (κ2) is 6.13. The average molecular weight is 332 g/mol. The molecule has 1 aromatic heterocycles. The van der Waals surface area contributed by atoms with E-state index in [0.29, 0.717) is 10.1 Å². The van der Waals surface area contributed by atoms with Crippen LogP contribution in [0, 0.1) is 0 Å². The van der Waals surface area contributed by atoms with Crippen molar-refractivity contribution in [1.82, 2.24) is 4.31 Å². The van der Waals surface area contributed by atoms with E-state index in [1.54, 1.807) is 20.2 Å². The number of rotatable bonds is 5. The second-order valence-electron chi connectivity index (χ2n) is 4.17. The molecule has 2 aromatic rings. The third kappa shape index (κ3) is 3.32. The first-order valence-corrected chi connectivity index (χ1v) is 8.41. The molecule has 4 nitrogen and oxygen atoms in total. The molecule has 108 valence electrons. The Hall–Kier alpha value is -1.08. The van der Waals surface area contributed by atoms with Gasteiger partial charge in [-0.15, -0.1) is 11.3 Å². The minimum atomic E-state index is -3.51. The molecule has 0 aliphatic carbocycles. The molecule has 0 aliphatic rings. The fraction of sp³-hybridized carbons (Fsp3) is 0.231. The second-order valence-corrected chi connectivity index (χ2v) is 8.16. The van der Waals surface area contributed by atoms with Crippen molar-refractivity contribution in [1.29, 1.82) is 0 Å². The fourth-order valence-electron chi connectivity index (χ4n) is 1.70. The van der Waals surface area contributed by atoms with Gasteiger partial charge in [-0.05, 0) is 29.8 Å². The number of hydrogen-bond donors (Lipinski definition) is 0. The Balaban J connectivity index is 2.20. The minimum Gasteiger partial charge on any atom is -0.497 e. The molecule has 7 heteroatoms. The van der Waals surface area contributed by atoms with Gasteiger partial charge in [0, 0.05) is 13.6 Å². The van der Waals surface area contributed by atoms with E-state index < -0.39 is 10.0 Å². The zero-order valence-corrected chi connectivity index (χ0v) is 13.4. The summed E-state index contributed by atoms with van der Waals surface area (Å²) in [4.78, 5) is 0. The molecule has 0 fully saturated rings. The molecule has 20 heavy (non-hydrogen) atoms. The lowest BCUT2D eigenvalue weighted by Gasteiger charge is -2.16. The normalized spacial score (nSPS) is 11.8. The van der Waals surface area contributed by atoms with Crippen molar-refractivity contribution in [2.24, 2.45) is 0 Å². The third-order valence-electron chi connectivity index (χ3n) is 2.75. The molecule has 0 atom stereocenters. The number of halogens is 1. The summed E-state index contributed by atoms with van der Waals surface area (Å²) >= 11 is 6.84. The molecular formula is C13H14ClNO3S2. The molecule has 1 aromatic carbocycles. The summed E-state index contributed by atoms with van der Waals surface area (Å²) in [5.74, 6) is 0.701. The highest BCUT2D eigenvalue weighted by Gasteiger charge is 2.22. The van der Waals surface area contributed by atoms with Crippen LogP contribution in [0.5, 0.6) is 5.75 Å². The number of thiophene rings is 1. The van der Waals surface area contributed by atoms with Crippen LogP contribution in [-0.2, 0) is 16.6 Å². The van der Waals surface area contributed by atoms with Gasteiger partial charge in [-0.25, -0.2) is 8.42 Å². The molecule has 2 rings (SSSR count). The lowest BCUT2D eigenvalue weighted by Crippen LogP contribution is -2.25. The maximum atomic E-state index is 12.4. The summed E-state index contributed by atoms with van der Waals surface area (Å²) in [6.45, 7) is 0.273. The zero-order chi connectivity index (χ0) is 14.8.